The lowest BCUT2D eigenvalue weighted by Crippen LogP contribution is -2.39. The highest BCUT2D eigenvalue weighted by atomic mass is 16.2. The van der Waals surface area contributed by atoms with Crippen molar-refractivity contribution in [1.29, 1.82) is 0 Å². The van der Waals surface area contributed by atoms with Gasteiger partial charge >= 0.3 is 0 Å². The van der Waals surface area contributed by atoms with E-state index in [-0.39, 0.29) is 18.0 Å². The molecule has 7 heteroatoms. The summed E-state index contributed by atoms with van der Waals surface area (Å²) in [7, 11) is 0. The lowest BCUT2D eigenvalue weighted by Gasteiger charge is -2.35. The molecule has 7 nitrogen and oxygen atoms in total. The quantitative estimate of drug-likeness (QED) is 0.441. The molecule has 3 aromatic heterocycles. The van der Waals surface area contributed by atoms with Crippen molar-refractivity contribution in [2.75, 3.05) is 6.54 Å². The number of pyridine rings is 1. The number of rotatable bonds is 4. The Morgan fingerprint density at radius 2 is 1.97 bits per heavy atom. The van der Waals surface area contributed by atoms with Crippen LogP contribution in [0, 0.1) is 6.92 Å². The van der Waals surface area contributed by atoms with Crippen LogP contribution < -0.4 is 5.73 Å². The van der Waals surface area contributed by atoms with Gasteiger partial charge in [0.15, 0.2) is 5.65 Å². The van der Waals surface area contributed by atoms with Crippen molar-refractivity contribution >= 4 is 11.6 Å². The van der Waals surface area contributed by atoms with Crippen LogP contribution in [0.2, 0.25) is 0 Å². The molecule has 1 aromatic carbocycles. The van der Waals surface area contributed by atoms with Crippen molar-refractivity contribution in [3.05, 3.63) is 83.6 Å². The summed E-state index contributed by atoms with van der Waals surface area (Å²) >= 11 is 0. The highest BCUT2D eigenvalue weighted by Crippen LogP contribution is 2.36. The van der Waals surface area contributed by atoms with Gasteiger partial charge in [-0.05, 0) is 68.7 Å². The van der Waals surface area contributed by atoms with Gasteiger partial charge in [-0.25, -0.2) is 9.50 Å². The third-order valence-electron chi connectivity index (χ3n) is 7.78. The molecule has 0 bridgehead atoms. The molecular formula is C29H32N6O. The summed E-state index contributed by atoms with van der Waals surface area (Å²) in [5, 5.41) is 4.91. The van der Waals surface area contributed by atoms with Gasteiger partial charge in [0.05, 0.1) is 17.4 Å². The molecule has 1 saturated carbocycles. The third kappa shape index (κ3) is 4.17. The summed E-state index contributed by atoms with van der Waals surface area (Å²) in [5.41, 5.74) is 12.8. The topological polar surface area (TPSA) is 89.4 Å². The SMILES string of the molecule is Cc1cn2nc(C3CCCCN3C(=O)c3ccccc3-c3cccnc3)cc2nc1C1CCC(N)C1. The average molecular weight is 481 g/mol. The number of hydrogen-bond donors (Lipinski definition) is 1. The van der Waals surface area contributed by atoms with Gasteiger partial charge in [-0.3, -0.25) is 9.78 Å². The predicted octanol–water partition coefficient (Wildman–Crippen LogP) is 5.06. The van der Waals surface area contributed by atoms with Crippen molar-refractivity contribution < 1.29 is 4.79 Å². The van der Waals surface area contributed by atoms with Crippen LogP contribution in [0.4, 0.5) is 0 Å². The normalized spacial score (nSPS) is 22.3. The molecule has 2 fully saturated rings. The Morgan fingerprint density at radius 1 is 1.08 bits per heavy atom. The minimum absolute atomic E-state index is 0.0426. The summed E-state index contributed by atoms with van der Waals surface area (Å²) in [6, 6.07) is 14.0. The maximum Gasteiger partial charge on any atom is 0.255 e. The average Bonchev–Trinajstić information content (AvgIpc) is 3.54. The van der Waals surface area contributed by atoms with Crippen molar-refractivity contribution in [3.63, 3.8) is 0 Å². The van der Waals surface area contributed by atoms with E-state index in [1.165, 1.54) is 0 Å². The second-order valence-electron chi connectivity index (χ2n) is 10.2. The fourth-order valence-electron chi connectivity index (χ4n) is 5.96. The zero-order chi connectivity index (χ0) is 24.6. The summed E-state index contributed by atoms with van der Waals surface area (Å²) in [4.78, 5) is 25.2. The second-order valence-corrected chi connectivity index (χ2v) is 10.2. The van der Waals surface area contributed by atoms with E-state index in [9.17, 15) is 4.79 Å². The minimum Gasteiger partial charge on any atom is -0.330 e. The number of piperidine rings is 1. The first kappa shape index (κ1) is 22.9. The van der Waals surface area contributed by atoms with E-state index in [1.807, 2.05) is 52.0 Å². The Bertz CT molecular complexity index is 1400. The summed E-state index contributed by atoms with van der Waals surface area (Å²) in [5.74, 6) is 0.459. The number of aromatic nitrogens is 4. The van der Waals surface area contributed by atoms with Crippen LogP contribution in [0.1, 0.15) is 77.8 Å². The number of hydrogen-bond acceptors (Lipinski definition) is 5. The largest absolute Gasteiger partial charge is 0.330 e. The predicted molar refractivity (Wildman–Crippen MR) is 140 cm³/mol. The van der Waals surface area contributed by atoms with Gasteiger partial charge in [0.2, 0.25) is 0 Å². The van der Waals surface area contributed by atoms with Crippen molar-refractivity contribution in [1.82, 2.24) is 24.5 Å². The molecule has 2 aliphatic rings. The summed E-state index contributed by atoms with van der Waals surface area (Å²) in [6.45, 7) is 2.83. The van der Waals surface area contributed by atoms with Gasteiger partial charge in [-0.1, -0.05) is 24.3 Å². The van der Waals surface area contributed by atoms with Gasteiger partial charge in [-0.15, -0.1) is 0 Å². The van der Waals surface area contributed by atoms with E-state index in [4.69, 9.17) is 15.8 Å². The molecule has 0 radical (unpaired) electrons. The number of benzene rings is 1. The molecule has 3 unspecified atom stereocenters. The zero-order valence-electron chi connectivity index (χ0n) is 20.7. The summed E-state index contributed by atoms with van der Waals surface area (Å²) in [6.07, 6.45) is 11.7. The fourth-order valence-corrected chi connectivity index (χ4v) is 5.96. The number of carbonyl (C=O) groups is 1. The fraction of sp³-hybridized carbons (Fsp3) is 0.379. The number of nitrogens with zero attached hydrogens (tertiary/aromatic N) is 5. The van der Waals surface area contributed by atoms with Gasteiger partial charge in [0.1, 0.15) is 0 Å². The Kier molecular flexibility index (Phi) is 6.01. The molecule has 1 aliphatic carbocycles. The Balaban J connectivity index is 1.34. The molecule has 184 valence electrons. The maximum atomic E-state index is 13.9. The lowest BCUT2D eigenvalue weighted by molar-refractivity contribution is 0.0606. The first-order chi connectivity index (χ1) is 17.6. The van der Waals surface area contributed by atoms with Gasteiger partial charge in [0, 0.05) is 54.3 Å². The summed E-state index contributed by atoms with van der Waals surface area (Å²) < 4.78 is 1.88. The number of carbonyl (C=O) groups excluding carboxylic acids is 1. The Labute approximate surface area is 211 Å². The van der Waals surface area contributed by atoms with E-state index in [1.54, 1.807) is 6.20 Å². The van der Waals surface area contributed by atoms with E-state index < -0.39 is 0 Å². The van der Waals surface area contributed by atoms with E-state index in [2.05, 4.69) is 24.2 Å². The van der Waals surface area contributed by atoms with E-state index in [0.29, 0.717) is 11.5 Å². The molecule has 36 heavy (non-hydrogen) atoms. The minimum atomic E-state index is -0.0708. The van der Waals surface area contributed by atoms with Crippen LogP contribution in [-0.2, 0) is 0 Å². The molecule has 4 heterocycles. The van der Waals surface area contributed by atoms with Crippen LogP contribution in [0.15, 0.2) is 61.1 Å². The van der Waals surface area contributed by atoms with Gasteiger partial charge in [-0.2, -0.15) is 5.10 Å². The Morgan fingerprint density at radius 3 is 2.78 bits per heavy atom. The van der Waals surface area contributed by atoms with Crippen LogP contribution in [0.25, 0.3) is 16.8 Å². The highest BCUT2D eigenvalue weighted by Gasteiger charge is 2.32. The monoisotopic (exact) mass is 480 g/mol. The van der Waals surface area contributed by atoms with E-state index in [0.717, 1.165) is 78.8 Å². The molecule has 1 aliphatic heterocycles. The number of amides is 1. The number of fused-ring (bicyclic) bond motifs is 1. The number of likely N-dealkylation sites (tertiary alicyclic amines) is 1. The van der Waals surface area contributed by atoms with Crippen LogP contribution in [-0.4, -0.2) is 43.0 Å². The molecular weight excluding hydrogens is 448 g/mol. The van der Waals surface area contributed by atoms with E-state index >= 15 is 0 Å². The molecule has 0 spiro atoms. The van der Waals surface area contributed by atoms with Crippen molar-refractivity contribution in [2.45, 2.75) is 63.5 Å². The lowest BCUT2D eigenvalue weighted by atomic mass is 9.95. The number of nitrogens with two attached hydrogens (primary N) is 1. The standard InChI is InChI=1S/C29H32N6O/c1-19-18-35-27(32-28(19)20-11-12-22(30)15-20)16-25(33-35)26-10-4-5-14-34(26)29(36)24-9-3-2-8-23(24)21-7-6-13-31-17-21/h2-3,6-9,13,16-18,20,22,26H,4-5,10-12,14-15,30H2,1H3. The molecule has 1 saturated heterocycles. The molecule has 4 aromatic rings. The molecule has 6 rings (SSSR count). The van der Waals surface area contributed by atoms with Crippen molar-refractivity contribution in [3.8, 4) is 11.1 Å². The first-order valence-corrected chi connectivity index (χ1v) is 13.0. The van der Waals surface area contributed by atoms with Crippen LogP contribution in [0.3, 0.4) is 0 Å². The molecule has 3 atom stereocenters. The van der Waals surface area contributed by atoms with Crippen molar-refractivity contribution in [2.24, 2.45) is 5.73 Å². The highest BCUT2D eigenvalue weighted by molar-refractivity contribution is 6.01. The second kappa shape index (κ2) is 9.47. The molecule has 2 N–H and O–H groups in total. The first-order valence-electron chi connectivity index (χ1n) is 13.0. The van der Waals surface area contributed by atoms with Crippen LogP contribution in [0.5, 0.6) is 0 Å². The number of aryl methyl sites for hydroxylation is 1. The van der Waals surface area contributed by atoms with Gasteiger partial charge < -0.3 is 10.6 Å². The maximum absolute atomic E-state index is 13.9. The van der Waals surface area contributed by atoms with Crippen LogP contribution >= 0.6 is 0 Å². The Hall–Kier alpha value is -3.58. The molecule has 1 amide bonds. The van der Waals surface area contributed by atoms with Gasteiger partial charge in [0.25, 0.3) is 5.91 Å². The third-order valence-corrected chi connectivity index (χ3v) is 7.78. The smallest absolute Gasteiger partial charge is 0.255 e. The zero-order valence-corrected chi connectivity index (χ0v) is 20.7.